The van der Waals surface area contributed by atoms with E-state index in [0.717, 1.165) is 18.8 Å². The molecule has 11 heteroatoms. The number of rotatable bonds is 7. The van der Waals surface area contributed by atoms with Crippen molar-refractivity contribution in [1.29, 1.82) is 0 Å². The van der Waals surface area contributed by atoms with Crippen molar-refractivity contribution in [3.05, 3.63) is 45.4 Å². The Kier molecular flexibility index (Phi) is 7.30. The highest BCUT2D eigenvalue weighted by Crippen LogP contribution is 2.53. The Labute approximate surface area is 227 Å². The number of ketones is 2. The number of aliphatic hydroxyl groups is 3. The minimum Gasteiger partial charge on any atom is -0.510 e. The van der Waals surface area contributed by atoms with E-state index < -0.39 is 58.0 Å². The van der Waals surface area contributed by atoms with Gasteiger partial charge in [0, 0.05) is 43.4 Å². The minimum absolute atomic E-state index is 0.0316. The molecule has 4 atom stereocenters. The van der Waals surface area contributed by atoms with E-state index in [9.17, 15) is 34.8 Å². The van der Waals surface area contributed by atoms with Crippen molar-refractivity contribution in [1.82, 2.24) is 9.80 Å². The second-order valence-corrected chi connectivity index (χ2v) is 11.1. The van der Waals surface area contributed by atoms with Crippen molar-refractivity contribution >= 4 is 23.2 Å². The van der Waals surface area contributed by atoms with Crippen molar-refractivity contribution in [2.75, 3.05) is 46.2 Å². The number of primary amides is 1. The fraction of sp³-hybridized carbons (Fsp3) is 0.536. The maximum Gasteiger partial charge on any atom is 0.255 e. The maximum absolute atomic E-state index is 14.1. The van der Waals surface area contributed by atoms with Gasteiger partial charge in [0.15, 0.2) is 11.4 Å². The summed E-state index contributed by atoms with van der Waals surface area (Å²) in [6.45, 7) is 5.86. The van der Waals surface area contributed by atoms with Crippen LogP contribution in [0.3, 0.4) is 0 Å². The van der Waals surface area contributed by atoms with Crippen LogP contribution in [0.4, 0.5) is 5.69 Å². The summed E-state index contributed by atoms with van der Waals surface area (Å²) in [5.74, 6) is -6.47. The topological polar surface area (TPSA) is 168 Å². The predicted molar refractivity (Wildman–Crippen MR) is 145 cm³/mol. The summed E-state index contributed by atoms with van der Waals surface area (Å²) in [5.41, 5.74) is 3.71. The van der Waals surface area contributed by atoms with Gasteiger partial charge < -0.3 is 31.1 Å². The highest BCUT2D eigenvalue weighted by molar-refractivity contribution is 6.24. The lowest BCUT2D eigenvalue weighted by Crippen LogP contribution is -2.63. The zero-order valence-electron chi connectivity index (χ0n) is 23.3. The van der Waals surface area contributed by atoms with Crippen LogP contribution >= 0.6 is 0 Å². The van der Waals surface area contributed by atoms with Crippen LogP contribution in [0.5, 0.6) is 5.75 Å². The summed E-state index contributed by atoms with van der Waals surface area (Å²) < 4.78 is 0. The van der Waals surface area contributed by atoms with E-state index in [4.69, 9.17) is 5.73 Å². The van der Waals surface area contributed by atoms with Gasteiger partial charge in [-0.05, 0) is 57.6 Å². The molecule has 39 heavy (non-hydrogen) atoms. The molecule has 3 aliphatic rings. The lowest BCUT2D eigenvalue weighted by molar-refractivity contribution is -0.148. The summed E-state index contributed by atoms with van der Waals surface area (Å²) in [4.78, 5) is 45.1. The summed E-state index contributed by atoms with van der Waals surface area (Å²) >= 11 is 0. The molecule has 0 radical (unpaired) electrons. The Balaban J connectivity index is 1.95. The molecular formula is C28H38N4O7. The van der Waals surface area contributed by atoms with Crippen LogP contribution in [0.15, 0.2) is 28.7 Å². The quantitative estimate of drug-likeness (QED) is 0.314. The monoisotopic (exact) mass is 542 g/mol. The first-order valence-corrected chi connectivity index (χ1v) is 13.1. The second-order valence-electron chi connectivity index (χ2n) is 11.1. The molecule has 0 bridgehead atoms. The number of carbonyl (C=O) groups excluding carboxylic acids is 3. The molecule has 0 saturated heterocycles. The van der Waals surface area contributed by atoms with E-state index in [1.54, 1.807) is 14.1 Å². The molecule has 1 amide bonds. The molecule has 4 rings (SSSR count). The Hall–Kier alpha value is -3.41. The number of fused-ring (bicyclic) bond motifs is 3. The fourth-order valence-electron chi connectivity index (χ4n) is 6.56. The number of nitrogens with two attached hydrogens (primary N) is 1. The standard InChI is InChI=1S/C28H38N4O7/c1-7-32(8-2)12-14-11-17(30(3)4)15-9-13-10-16-21(31(5)6)24(35)20(27(29)38)26(37)28(16,39)25(36)18(13)23(34)19(15)22(14)33/h11,13,16,21,33,35-36,39H,7-10,12H2,1-6H3,(H2,29,38). The number of hydrogen-bond donors (Lipinski definition) is 5. The van der Waals surface area contributed by atoms with Gasteiger partial charge >= 0.3 is 0 Å². The molecule has 0 aromatic heterocycles. The number of likely N-dealkylation sites (N-methyl/N-ethyl adjacent to an activating group) is 1. The van der Waals surface area contributed by atoms with Crippen LogP contribution < -0.4 is 10.6 Å². The van der Waals surface area contributed by atoms with Crippen molar-refractivity contribution in [3.63, 3.8) is 0 Å². The fourth-order valence-corrected chi connectivity index (χ4v) is 6.56. The minimum atomic E-state index is -2.65. The SMILES string of the molecule is CCN(CC)Cc1cc(N(C)C)c2c(c1O)C(=O)C1=C(O)C3(O)C(=O)C(C(N)=O)=C(O)C(N(C)C)C3CC1C2. The number of carbonyl (C=O) groups is 3. The highest BCUT2D eigenvalue weighted by Gasteiger charge is 2.63. The van der Waals surface area contributed by atoms with Crippen LogP contribution in [-0.4, -0.2) is 101 Å². The Bertz CT molecular complexity index is 1310. The van der Waals surface area contributed by atoms with Crippen LogP contribution in [0.2, 0.25) is 0 Å². The number of allylic oxidation sites excluding steroid dienone is 1. The third-order valence-electron chi connectivity index (χ3n) is 8.55. The van der Waals surface area contributed by atoms with Crippen LogP contribution in [-0.2, 0) is 22.6 Å². The van der Waals surface area contributed by atoms with Gasteiger partial charge in [-0.15, -0.1) is 0 Å². The number of phenols is 1. The molecule has 212 valence electrons. The number of phenolic OH excluding ortho intramolecular Hbond substituents is 1. The normalized spacial score (nSPS) is 26.6. The Morgan fingerprint density at radius 3 is 2.23 bits per heavy atom. The van der Waals surface area contributed by atoms with Gasteiger partial charge in [-0.25, -0.2) is 0 Å². The number of amides is 1. The first-order chi connectivity index (χ1) is 18.2. The average Bonchev–Trinajstić information content (AvgIpc) is 2.85. The van der Waals surface area contributed by atoms with Gasteiger partial charge in [-0.1, -0.05) is 13.8 Å². The Morgan fingerprint density at radius 2 is 1.72 bits per heavy atom. The van der Waals surface area contributed by atoms with E-state index in [1.807, 2.05) is 38.9 Å². The largest absolute Gasteiger partial charge is 0.510 e. The van der Waals surface area contributed by atoms with Gasteiger partial charge in [0.1, 0.15) is 22.8 Å². The van der Waals surface area contributed by atoms with Crippen molar-refractivity contribution in [2.24, 2.45) is 17.6 Å². The molecule has 6 N–H and O–H groups in total. The molecule has 4 unspecified atom stereocenters. The first-order valence-electron chi connectivity index (χ1n) is 13.1. The van der Waals surface area contributed by atoms with E-state index in [2.05, 4.69) is 4.90 Å². The zero-order valence-corrected chi connectivity index (χ0v) is 23.3. The summed E-state index contributed by atoms with van der Waals surface area (Å²) in [7, 11) is 6.90. The number of anilines is 1. The number of hydrogen-bond acceptors (Lipinski definition) is 10. The van der Waals surface area contributed by atoms with Crippen molar-refractivity contribution in [2.45, 2.75) is 44.9 Å². The molecule has 11 nitrogen and oxygen atoms in total. The number of aromatic hydroxyl groups is 1. The third kappa shape index (κ3) is 4.11. The van der Waals surface area contributed by atoms with E-state index in [1.165, 1.54) is 4.90 Å². The Morgan fingerprint density at radius 1 is 1.10 bits per heavy atom. The molecule has 0 heterocycles. The maximum atomic E-state index is 14.1. The van der Waals surface area contributed by atoms with E-state index >= 15 is 0 Å². The van der Waals surface area contributed by atoms with Gasteiger partial charge in [-0.3, -0.25) is 24.2 Å². The molecular weight excluding hydrogens is 504 g/mol. The molecule has 0 fully saturated rings. The molecule has 3 aliphatic carbocycles. The van der Waals surface area contributed by atoms with Gasteiger partial charge in [-0.2, -0.15) is 0 Å². The van der Waals surface area contributed by atoms with E-state index in [0.29, 0.717) is 17.7 Å². The third-order valence-corrected chi connectivity index (χ3v) is 8.55. The smallest absolute Gasteiger partial charge is 0.255 e. The van der Waals surface area contributed by atoms with Crippen molar-refractivity contribution in [3.8, 4) is 5.75 Å². The highest BCUT2D eigenvalue weighted by atomic mass is 16.3. The van der Waals surface area contributed by atoms with Crippen molar-refractivity contribution < 1.29 is 34.8 Å². The summed E-state index contributed by atoms with van der Waals surface area (Å²) in [6, 6.07) is 0.849. The number of aliphatic hydroxyl groups excluding tert-OH is 2. The zero-order chi connectivity index (χ0) is 29.1. The molecule has 1 aromatic carbocycles. The van der Waals surface area contributed by atoms with Gasteiger partial charge in [0.2, 0.25) is 5.78 Å². The number of Topliss-reactive ketones (excluding diaryl/α,β-unsaturated/α-hetero) is 2. The van der Waals surface area contributed by atoms with E-state index in [-0.39, 0.29) is 29.7 Å². The molecule has 0 aliphatic heterocycles. The number of nitrogens with zero attached hydrogens (tertiary/aromatic N) is 3. The molecule has 0 saturated carbocycles. The van der Waals surface area contributed by atoms with Gasteiger partial charge in [0.05, 0.1) is 11.6 Å². The first kappa shape index (κ1) is 28.6. The van der Waals surface area contributed by atoms with Gasteiger partial charge in [0.25, 0.3) is 5.91 Å². The number of benzene rings is 1. The predicted octanol–water partition coefficient (Wildman–Crippen LogP) is 1.03. The summed E-state index contributed by atoms with van der Waals surface area (Å²) in [6.07, 6.45) is 0.307. The summed E-state index contributed by atoms with van der Waals surface area (Å²) in [5, 5.41) is 45.5. The van der Waals surface area contributed by atoms with Crippen LogP contribution in [0, 0.1) is 11.8 Å². The van der Waals surface area contributed by atoms with Crippen LogP contribution in [0.1, 0.15) is 41.8 Å². The van der Waals surface area contributed by atoms with Crippen LogP contribution in [0.25, 0.3) is 0 Å². The lowest BCUT2D eigenvalue weighted by Gasteiger charge is -2.50. The lowest BCUT2D eigenvalue weighted by atomic mass is 9.58. The second kappa shape index (κ2) is 9.96. The average molecular weight is 543 g/mol. The molecule has 0 spiro atoms. The molecule has 1 aromatic rings.